The van der Waals surface area contributed by atoms with Gasteiger partial charge in [0, 0.05) is 23.4 Å². The summed E-state index contributed by atoms with van der Waals surface area (Å²) in [6.45, 7) is 2.85. The van der Waals surface area contributed by atoms with E-state index in [9.17, 15) is 9.59 Å². The zero-order valence-electron chi connectivity index (χ0n) is 20.8. The number of thiophene rings is 1. The Morgan fingerprint density at radius 2 is 1.81 bits per heavy atom. The summed E-state index contributed by atoms with van der Waals surface area (Å²) >= 11 is 1.69. The molecule has 1 aliphatic carbocycles. The molecule has 0 spiro atoms. The highest BCUT2D eigenvalue weighted by Crippen LogP contribution is 2.37. The lowest BCUT2D eigenvalue weighted by Crippen LogP contribution is -2.42. The van der Waals surface area contributed by atoms with Gasteiger partial charge >= 0.3 is 5.97 Å². The van der Waals surface area contributed by atoms with Gasteiger partial charge in [0.1, 0.15) is 0 Å². The number of hydrogen-bond acceptors (Lipinski definition) is 5. The largest absolute Gasteiger partial charge is 0.449 e. The molecule has 1 amide bonds. The fraction of sp³-hybridized carbons (Fsp3) is 0.258. The predicted octanol–water partition coefficient (Wildman–Crippen LogP) is 6.30. The molecule has 5 nitrogen and oxygen atoms in total. The van der Waals surface area contributed by atoms with Crippen LogP contribution in [0.1, 0.15) is 57.4 Å². The van der Waals surface area contributed by atoms with Gasteiger partial charge in [-0.05, 0) is 78.5 Å². The molecule has 0 bridgehead atoms. The zero-order valence-corrected chi connectivity index (χ0v) is 21.6. The molecule has 2 aliphatic rings. The number of ether oxygens (including phenoxy) is 1. The van der Waals surface area contributed by atoms with E-state index >= 15 is 0 Å². The Kier molecular flexibility index (Phi) is 6.35. The first-order chi connectivity index (χ1) is 18.1. The van der Waals surface area contributed by atoms with Crippen LogP contribution in [0.25, 0.3) is 22.6 Å². The lowest BCUT2D eigenvalue weighted by molar-refractivity contribution is -0.140. The summed E-state index contributed by atoms with van der Waals surface area (Å²) in [6, 6.07) is 20.0. The summed E-state index contributed by atoms with van der Waals surface area (Å²) in [5, 5.41) is 2.83. The van der Waals surface area contributed by atoms with Crippen molar-refractivity contribution in [3.05, 3.63) is 98.9 Å². The summed E-state index contributed by atoms with van der Waals surface area (Å²) in [7, 11) is 0. The Hall–Kier alpha value is -3.77. The van der Waals surface area contributed by atoms with Gasteiger partial charge in [-0.1, -0.05) is 48.5 Å². The summed E-state index contributed by atoms with van der Waals surface area (Å²) in [5.41, 5.74) is 6.66. The molecule has 6 heteroatoms. The lowest BCUT2D eigenvalue weighted by Gasteiger charge is -2.31. The van der Waals surface area contributed by atoms with Crippen LogP contribution >= 0.6 is 11.3 Å². The van der Waals surface area contributed by atoms with Crippen molar-refractivity contribution >= 4 is 45.8 Å². The van der Waals surface area contributed by atoms with Crippen LogP contribution in [0.5, 0.6) is 0 Å². The number of amides is 1. The van der Waals surface area contributed by atoms with Gasteiger partial charge in [-0.2, -0.15) is 0 Å². The van der Waals surface area contributed by atoms with Crippen LogP contribution in [-0.4, -0.2) is 34.4 Å². The van der Waals surface area contributed by atoms with Crippen molar-refractivity contribution in [1.82, 2.24) is 9.88 Å². The Balaban J connectivity index is 1.31. The van der Waals surface area contributed by atoms with Gasteiger partial charge in [0.2, 0.25) is 0 Å². The quantitative estimate of drug-likeness (QED) is 0.304. The van der Waals surface area contributed by atoms with Crippen LogP contribution in [0, 0.1) is 0 Å². The van der Waals surface area contributed by atoms with Crippen molar-refractivity contribution in [2.75, 3.05) is 6.54 Å². The third kappa shape index (κ3) is 4.58. The maximum atomic E-state index is 13.7. The molecule has 37 heavy (non-hydrogen) atoms. The van der Waals surface area contributed by atoms with Crippen molar-refractivity contribution in [3.8, 4) is 0 Å². The van der Waals surface area contributed by atoms with Crippen molar-refractivity contribution < 1.29 is 14.3 Å². The normalized spacial score (nSPS) is 16.8. The zero-order chi connectivity index (χ0) is 25.4. The van der Waals surface area contributed by atoms with Crippen LogP contribution in [0.4, 0.5) is 0 Å². The number of hydrogen-bond donors (Lipinski definition) is 0. The molecular weight excluding hydrogens is 480 g/mol. The molecule has 1 atom stereocenters. The molecule has 6 rings (SSSR count). The van der Waals surface area contributed by atoms with E-state index in [1.807, 2.05) is 42.5 Å². The van der Waals surface area contributed by atoms with Crippen molar-refractivity contribution in [1.29, 1.82) is 0 Å². The lowest BCUT2D eigenvalue weighted by atomic mass is 9.86. The van der Waals surface area contributed by atoms with Crippen LogP contribution in [-0.2, 0) is 28.9 Å². The fourth-order valence-electron chi connectivity index (χ4n) is 5.46. The predicted molar refractivity (Wildman–Crippen MR) is 147 cm³/mol. The summed E-state index contributed by atoms with van der Waals surface area (Å²) < 4.78 is 5.88. The summed E-state index contributed by atoms with van der Waals surface area (Å²) in [5.74, 6) is -0.612. The molecule has 0 fully saturated rings. The Morgan fingerprint density at radius 1 is 1.00 bits per heavy atom. The first-order valence-electron chi connectivity index (χ1n) is 12.8. The standard InChI is InChI=1S/C31H28N2O3S/c1-20(30(34)33-16-15-21-8-2-3-9-23(21)19-33)36-31(35)28-25-12-4-5-14-27(25)32-29-22(10-6-13-26(28)29)18-24-11-7-17-37-24/h2-5,7-9,11-12,14,17-18,20H,6,10,13,15-16,19H2,1H3/b22-18-. The van der Waals surface area contributed by atoms with Gasteiger partial charge < -0.3 is 9.64 Å². The Labute approximate surface area is 220 Å². The average molecular weight is 509 g/mol. The number of carbonyl (C=O) groups is 2. The van der Waals surface area contributed by atoms with E-state index in [4.69, 9.17) is 9.72 Å². The molecule has 3 heterocycles. The summed E-state index contributed by atoms with van der Waals surface area (Å²) in [4.78, 5) is 34.9. The van der Waals surface area contributed by atoms with Gasteiger partial charge in [-0.3, -0.25) is 4.79 Å². The minimum Gasteiger partial charge on any atom is -0.449 e. The number of rotatable bonds is 4. The molecule has 0 radical (unpaired) electrons. The molecular formula is C31H28N2O3S. The molecule has 4 aromatic rings. The maximum Gasteiger partial charge on any atom is 0.339 e. The molecule has 1 aliphatic heterocycles. The highest BCUT2D eigenvalue weighted by atomic mass is 32.1. The monoisotopic (exact) mass is 508 g/mol. The van der Waals surface area contributed by atoms with Crippen LogP contribution in [0.2, 0.25) is 0 Å². The number of fused-ring (bicyclic) bond motifs is 3. The Morgan fingerprint density at radius 3 is 2.65 bits per heavy atom. The molecule has 186 valence electrons. The molecule has 0 N–H and O–H groups in total. The molecule has 0 saturated carbocycles. The maximum absolute atomic E-state index is 13.7. The minimum absolute atomic E-state index is 0.159. The van der Waals surface area contributed by atoms with Crippen molar-refractivity contribution in [2.24, 2.45) is 0 Å². The van der Waals surface area contributed by atoms with Gasteiger partial charge in [0.05, 0.1) is 16.8 Å². The highest BCUT2D eigenvalue weighted by Gasteiger charge is 2.30. The minimum atomic E-state index is -0.870. The van der Waals surface area contributed by atoms with Crippen molar-refractivity contribution in [3.63, 3.8) is 0 Å². The van der Waals surface area contributed by atoms with E-state index in [0.29, 0.717) is 18.7 Å². The molecule has 2 aromatic carbocycles. The second-order valence-corrected chi connectivity index (χ2v) is 10.7. The van der Waals surface area contributed by atoms with E-state index < -0.39 is 12.1 Å². The van der Waals surface area contributed by atoms with E-state index in [1.54, 1.807) is 23.2 Å². The second-order valence-electron chi connectivity index (χ2n) is 9.70. The first-order valence-corrected chi connectivity index (χ1v) is 13.7. The van der Waals surface area contributed by atoms with Gasteiger partial charge in [0.25, 0.3) is 5.91 Å². The number of esters is 1. The second kappa shape index (κ2) is 9.94. The van der Waals surface area contributed by atoms with Crippen LogP contribution in [0.15, 0.2) is 66.0 Å². The van der Waals surface area contributed by atoms with Crippen molar-refractivity contribution in [2.45, 2.75) is 45.3 Å². The average Bonchev–Trinajstić information content (AvgIpc) is 3.44. The van der Waals surface area contributed by atoms with E-state index in [0.717, 1.165) is 59.0 Å². The molecule has 0 saturated heterocycles. The Bertz CT molecular complexity index is 1520. The van der Waals surface area contributed by atoms with Gasteiger partial charge in [-0.15, -0.1) is 11.3 Å². The molecule has 2 aromatic heterocycles. The first kappa shape index (κ1) is 23.6. The van der Waals surface area contributed by atoms with E-state index in [2.05, 4.69) is 29.7 Å². The smallest absolute Gasteiger partial charge is 0.339 e. The van der Waals surface area contributed by atoms with E-state index in [1.165, 1.54) is 10.4 Å². The number of para-hydroxylation sites is 1. The van der Waals surface area contributed by atoms with E-state index in [-0.39, 0.29) is 5.91 Å². The topological polar surface area (TPSA) is 59.5 Å². The van der Waals surface area contributed by atoms with Gasteiger partial charge in [0.15, 0.2) is 6.10 Å². The highest BCUT2D eigenvalue weighted by molar-refractivity contribution is 7.10. The van der Waals surface area contributed by atoms with Gasteiger partial charge in [-0.25, -0.2) is 9.78 Å². The number of nitrogens with zero attached hydrogens (tertiary/aromatic N) is 2. The van der Waals surface area contributed by atoms with Crippen LogP contribution in [0.3, 0.4) is 0 Å². The van der Waals surface area contributed by atoms with Crippen LogP contribution < -0.4 is 0 Å². The number of pyridine rings is 1. The number of carbonyl (C=O) groups excluding carboxylic acids is 2. The summed E-state index contributed by atoms with van der Waals surface area (Å²) in [6.07, 6.45) is 4.72. The molecule has 1 unspecified atom stereocenters. The fourth-order valence-corrected chi connectivity index (χ4v) is 6.15. The third-order valence-corrected chi connectivity index (χ3v) is 8.13. The SMILES string of the molecule is CC(OC(=O)c1c2c(nc3ccccc13)/C(=C\c1cccs1)CCC2)C(=O)N1CCc2ccccc2C1. The number of benzene rings is 2. The number of allylic oxidation sites excluding steroid dienone is 1. The third-order valence-electron chi connectivity index (χ3n) is 7.31. The number of aromatic nitrogens is 1.